The second kappa shape index (κ2) is 4.84. The number of aromatic hydroxyl groups is 1. The lowest BCUT2D eigenvalue weighted by Crippen LogP contribution is -2.15. The molecule has 0 aliphatic heterocycles. The van der Waals surface area contributed by atoms with Crippen molar-refractivity contribution in [3.8, 4) is 5.75 Å². The van der Waals surface area contributed by atoms with Crippen molar-refractivity contribution < 1.29 is 10.2 Å². The topological polar surface area (TPSA) is 66.5 Å². The third-order valence-electron chi connectivity index (χ3n) is 2.55. The van der Waals surface area contributed by atoms with Gasteiger partial charge in [0.15, 0.2) is 0 Å². The first kappa shape index (κ1) is 12.3. The lowest BCUT2D eigenvalue weighted by molar-refractivity contribution is 0.276. The summed E-state index contributed by atoms with van der Waals surface area (Å²) >= 11 is 5.93. The number of aliphatic hydroxyl groups is 1. The number of halogens is 1. The zero-order valence-electron chi connectivity index (χ0n) is 8.92. The van der Waals surface area contributed by atoms with E-state index in [1.54, 1.807) is 6.07 Å². The Hall–Kier alpha value is -0.770. The first-order valence-electron chi connectivity index (χ1n) is 4.84. The predicted octanol–water partition coefficient (Wildman–Crippen LogP) is 2.04. The third-order valence-corrected chi connectivity index (χ3v) is 3.02. The molecular formula is C11H16ClNO2. The average molecular weight is 230 g/mol. The minimum absolute atomic E-state index is 0.0402. The van der Waals surface area contributed by atoms with Gasteiger partial charge in [0.2, 0.25) is 0 Å². The van der Waals surface area contributed by atoms with Crippen LogP contribution in [0.15, 0.2) is 6.07 Å². The molecule has 0 fully saturated rings. The molecule has 0 amide bonds. The molecule has 1 atom stereocenters. The van der Waals surface area contributed by atoms with Gasteiger partial charge in [-0.05, 0) is 43.0 Å². The maximum absolute atomic E-state index is 9.49. The van der Waals surface area contributed by atoms with Gasteiger partial charge in [-0.2, -0.15) is 0 Å². The Morgan fingerprint density at radius 2 is 2.07 bits per heavy atom. The van der Waals surface area contributed by atoms with Crippen molar-refractivity contribution in [2.45, 2.75) is 26.3 Å². The first-order valence-corrected chi connectivity index (χ1v) is 5.21. The minimum Gasteiger partial charge on any atom is -0.506 e. The molecule has 1 rings (SSSR count). The number of phenolic OH excluding ortho intramolecular Hbond substituents is 1. The highest BCUT2D eigenvalue weighted by atomic mass is 35.5. The Morgan fingerprint density at radius 1 is 1.47 bits per heavy atom. The van der Waals surface area contributed by atoms with Gasteiger partial charge in [-0.15, -0.1) is 0 Å². The van der Waals surface area contributed by atoms with Crippen molar-refractivity contribution in [3.05, 3.63) is 27.8 Å². The molecular weight excluding hydrogens is 214 g/mol. The molecule has 3 nitrogen and oxygen atoms in total. The van der Waals surface area contributed by atoms with Crippen LogP contribution in [-0.2, 0) is 0 Å². The van der Waals surface area contributed by atoms with Gasteiger partial charge in [-0.25, -0.2) is 0 Å². The summed E-state index contributed by atoms with van der Waals surface area (Å²) < 4.78 is 0. The largest absolute Gasteiger partial charge is 0.506 e. The van der Waals surface area contributed by atoms with E-state index in [1.807, 2.05) is 13.8 Å². The monoisotopic (exact) mass is 229 g/mol. The van der Waals surface area contributed by atoms with E-state index in [-0.39, 0.29) is 18.4 Å². The van der Waals surface area contributed by atoms with Crippen LogP contribution in [0.2, 0.25) is 5.02 Å². The van der Waals surface area contributed by atoms with Crippen LogP contribution in [0.25, 0.3) is 0 Å². The van der Waals surface area contributed by atoms with E-state index in [2.05, 4.69) is 0 Å². The molecule has 1 unspecified atom stereocenters. The fourth-order valence-electron chi connectivity index (χ4n) is 1.81. The highest BCUT2D eigenvalue weighted by Gasteiger charge is 2.16. The summed E-state index contributed by atoms with van der Waals surface area (Å²) in [4.78, 5) is 0. The molecule has 0 saturated heterocycles. The Kier molecular flexibility index (Phi) is 3.97. The lowest BCUT2D eigenvalue weighted by Gasteiger charge is -2.18. The summed E-state index contributed by atoms with van der Waals surface area (Å²) in [5.41, 5.74) is 8.52. The maximum atomic E-state index is 9.49. The van der Waals surface area contributed by atoms with Crippen LogP contribution < -0.4 is 5.73 Å². The standard InChI is InChI=1S/C11H16ClNO2/c1-6-5-9(15)11(12)7(2)10(6)8(13)3-4-14/h5,8,14-15H,3-4,13H2,1-2H3. The molecule has 0 aliphatic rings. The van der Waals surface area contributed by atoms with Crippen LogP contribution in [0.4, 0.5) is 0 Å². The Labute approximate surface area is 94.5 Å². The molecule has 0 radical (unpaired) electrons. The molecule has 0 aliphatic carbocycles. The second-order valence-electron chi connectivity index (χ2n) is 3.68. The zero-order chi connectivity index (χ0) is 11.6. The summed E-state index contributed by atoms with van der Waals surface area (Å²) in [6.45, 7) is 3.73. The van der Waals surface area contributed by atoms with Gasteiger partial charge in [0, 0.05) is 12.6 Å². The van der Waals surface area contributed by atoms with Crippen molar-refractivity contribution >= 4 is 11.6 Å². The first-order chi connectivity index (χ1) is 6.99. The molecule has 0 spiro atoms. The molecule has 15 heavy (non-hydrogen) atoms. The summed E-state index contributed by atoms with van der Waals surface area (Å²) in [7, 11) is 0. The molecule has 0 aromatic heterocycles. The van der Waals surface area contributed by atoms with E-state index in [1.165, 1.54) is 0 Å². The number of hydrogen-bond acceptors (Lipinski definition) is 3. The average Bonchev–Trinajstić information content (AvgIpc) is 2.15. The molecule has 84 valence electrons. The number of rotatable bonds is 3. The van der Waals surface area contributed by atoms with Crippen LogP contribution in [-0.4, -0.2) is 16.8 Å². The number of benzene rings is 1. The van der Waals surface area contributed by atoms with Crippen LogP contribution in [0.1, 0.15) is 29.2 Å². The fourth-order valence-corrected chi connectivity index (χ4v) is 1.96. The summed E-state index contributed by atoms with van der Waals surface area (Å²) in [5, 5.41) is 18.7. The predicted molar refractivity (Wildman–Crippen MR) is 61.2 cm³/mol. The van der Waals surface area contributed by atoms with Gasteiger partial charge in [-0.3, -0.25) is 0 Å². The number of aryl methyl sites for hydroxylation is 1. The highest BCUT2D eigenvalue weighted by molar-refractivity contribution is 6.32. The Balaban J connectivity index is 3.23. The van der Waals surface area contributed by atoms with Crippen LogP contribution in [0.5, 0.6) is 5.75 Å². The smallest absolute Gasteiger partial charge is 0.134 e. The van der Waals surface area contributed by atoms with Gasteiger partial charge < -0.3 is 15.9 Å². The summed E-state index contributed by atoms with van der Waals surface area (Å²) in [6.07, 6.45) is 0.489. The fraction of sp³-hybridized carbons (Fsp3) is 0.455. The van der Waals surface area contributed by atoms with Gasteiger partial charge >= 0.3 is 0 Å². The van der Waals surface area contributed by atoms with E-state index in [9.17, 15) is 5.11 Å². The van der Waals surface area contributed by atoms with E-state index < -0.39 is 0 Å². The number of nitrogens with two attached hydrogens (primary N) is 1. The lowest BCUT2D eigenvalue weighted by atomic mass is 9.94. The van der Waals surface area contributed by atoms with Gasteiger partial charge in [0.1, 0.15) is 5.75 Å². The SMILES string of the molecule is Cc1cc(O)c(Cl)c(C)c1C(N)CCO. The van der Waals surface area contributed by atoms with Crippen molar-refractivity contribution in [1.29, 1.82) is 0 Å². The molecule has 0 bridgehead atoms. The zero-order valence-corrected chi connectivity index (χ0v) is 9.67. The number of phenols is 1. The van der Waals surface area contributed by atoms with Gasteiger partial charge in [0.25, 0.3) is 0 Å². The molecule has 4 heteroatoms. The number of aliphatic hydroxyl groups excluding tert-OH is 1. The third kappa shape index (κ3) is 2.43. The van der Waals surface area contributed by atoms with Crippen LogP contribution in [0, 0.1) is 13.8 Å². The maximum Gasteiger partial charge on any atom is 0.134 e. The van der Waals surface area contributed by atoms with E-state index in [0.29, 0.717) is 11.4 Å². The van der Waals surface area contributed by atoms with Crippen molar-refractivity contribution in [2.24, 2.45) is 5.73 Å². The van der Waals surface area contributed by atoms with Crippen molar-refractivity contribution in [1.82, 2.24) is 0 Å². The van der Waals surface area contributed by atoms with Crippen LogP contribution in [0.3, 0.4) is 0 Å². The Bertz CT molecular complexity index is 366. The highest BCUT2D eigenvalue weighted by Crippen LogP contribution is 2.34. The quantitative estimate of drug-likeness (QED) is 0.743. The molecule has 0 saturated carbocycles. The number of hydrogen-bond donors (Lipinski definition) is 3. The minimum atomic E-state index is -0.243. The van der Waals surface area contributed by atoms with Gasteiger partial charge in [0.05, 0.1) is 5.02 Å². The van der Waals surface area contributed by atoms with Gasteiger partial charge in [-0.1, -0.05) is 11.6 Å². The van der Waals surface area contributed by atoms with E-state index in [0.717, 1.165) is 16.7 Å². The molecule has 4 N–H and O–H groups in total. The summed E-state index contributed by atoms with van der Waals surface area (Å²) in [6, 6.07) is 1.36. The normalized spacial score (nSPS) is 12.9. The van der Waals surface area contributed by atoms with Crippen LogP contribution >= 0.6 is 11.6 Å². The van der Waals surface area contributed by atoms with E-state index in [4.69, 9.17) is 22.4 Å². The van der Waals surface area contributed by atoms with Crippen molar-refractivity contribution in [3.63, 3.8) is 0 Å². The van der Waals surface area contributed by atoms with Crippen molar-refractivity contribution in [2.75, 3.05) is 6.61 Å². The Morgan fingerprint density at radius 3 is 2.60 bits per heavy atom. The van der Waals surface area contributed by atoms with E-state index >= 15 is 0 Å². The molecule has 1 aromatic carbocycles. The molecule has 1 aromatic rings. The second-order valence-corrected chi connectivity index (χ2v) is 4.06. The molecule has 0 heterocycles. The summed E-state index contributed by atoms with van der Waals surface area (Å²) in [5.74, 6) is 0.0756.